The van der Waals surface area contributed by atoms with Gasteiger partial charge >= 0.3 is 0 Å². The highest BCUT2D eigenvalue weighted by Gasteiger charge is 2.25. The van der Waals surface area contributed by atoms with E-state index in [1.54, 1.807) is 31.5 Å². The third-order valence-corrected chi connectivity index (χ3v) is 9.10. The second-order valence-electron chi connectivity index (χ2n) is 10.7. The van der Waals surface area contributed by atoms with E-state index in [1.165, 1.54) is 25.0 Å². The lowest BCUT2D eigenvalue weighted by Gasteiger charge is -2.30. The Bertz CT molecular complexity index is 1780. The van der Waals surface area contributed by atoms with Crippen LogP contribution in [0.1, 0.15) is 26.2 Å². The van der Waals surface area contributed by atoms with E-state index in [1.807, 2.05) is 0 Å². The van der Waals surface area contributed by atoms with Crippen LogP contribution in [0.5, 0.6) is 23.0 Å². The molecule has 234 valence electrons. The van der Waals surface area contributed by atoms with Gasteiger partial charge in [0.1, 0.15) is 11.6 Å². The number of nitrogens with two attached hydrogens (primary N) is 1. The van der Waals surface area contributed by atoms with Crippen molar-refractivity contribution in [2.75, 3.05) is 33.4 Å². The molecular formula is C31H31Cl2F2N3O5S. The molecule has 0 saturated carbocycles. The number of aromatic nitrogens is 1. The molecule has 8 nitrogen and oxygen atoms in total. The first-order valence-electron chi connectivity index (χ1n) is 14.0. The molecule has 5 rings (SSSR count). The summed E-state index contributed by atoms with van der Waals surface area (Å²) in [7, 11) is -3.13. The summed E-state index contributed by atoms with van der Waals surface area (Å²) in [6.07, 6.45) is 4.89. The van der Waals surface area contributed by atoms with Crippen LogP contribution in [-0.4, -0.2) is 51.7 Å². The summed E-state index contributed by atoms with van der Waals surface area (Å²) in [5.74, 6) is -0.419. The number of benzene rings is 3. The summed E-state index contributed by atoms with van der Waals surface area (Å²) in [4.78, 5) is 5.67. The lowest BCUT2D eigenvalue weighted by atomic mass is 9.99. The minimum atomic E-state index is -4.67. The van der Waals surface area contributed by atoms with E-state index in [0.717, 1.165) is 44.1 Å². The topological polar surface area (TPSA) is 104 Å². The maximum Gasteiger partial charge on any atom is 0.243 e. The maximum absolute atomic E-state index is 15.1. The number of methoxy groups -OCH3 is 1. The van der Waals surface area contributed by atoms with Gasteiger partial charge in [-0.15, -0.1) is 0 Å². The zero-order valence-corrected chi connectivity index (χ0v) is 26.4. The zero-order chi connectivity index (χ0) is 31.6. The van der Waals surface area contributed by atoms with E-state index in [9.17, 15) is 12.8 Å². The Kier molecular flexibility index (Phi) is 9.81. The second kappa shape index (κ2) is 13.4. The van der Waals surface area contributed by atoms with Crippen LogP contribution in [0.25, 0.3) is 22.0 Å². The number of primary sulfonamides is 1. The largest absolute Gasteiger partial charge is 0.493 e. The third-order valence-electron chi connectivity index (χ3n) is 7.59. The minimum Gasteiger partial charge on any atom is -0.493 e. The maximum atomic E-state index is 15.1. The van der Waals surface area contributed by atoms with Gasteiger partial charge in [-0.25, -0.2) is 22.3 Å². The molecule has 0 unspecified atom stereocenters. The summed E-state index contributed by atoms with van der Waals surface area (Å²) in [5, 5.41) is 5.59. The van der Waals surface area contributed by atoms with Crippen molar-refractivity contribution in [3.63, 3.8) is 0 Å². The molecule has 13 heteroatoms. The summed E-state index contributed by atoms with van der Waals surface area (Å²) in [6.45, 7) is 6.03. The standard InChI is InChI=1S/C31H31Cl2F2N3O5S/c1-18-7-11-38(12-8-18)10-3-13-42-28-17-25-21(16-27(28)41-2)26(6-9-37-25)43-30-22(32)14-19(15-23(30)33)20-4-5-24(34)31(29(20)35)44(36,39)40/h4-6,9,14-18H,3,7-8,10-13H2,1-2H3,(H2,36,39,40). The summed E-state index contributed by atoms with van der Waals surface area (Å²) in [5.41, 5.74) is 0.409. The number of fused-ring (bicyclic) bond motifs is 1. The van der Waals surface area contributed by atoms with Crippen molar-refractivity contribution in [1.82, 2.24) is 9.88 Å². The molecule has 1 fully saturated rings. The van der Waals surface area contributed by atoms with E-state index in [-0.39, 0.29) is 26.9 Å². The average molecular weight is 667 g/mol. The number of rotatable bonds is 10. The van der Waals surface area contributed by atoms with Gasteiger partial charge in [-0.3, -0.25) is 4.98 Å². The monoisotopic (exact) mass is 665 g/mol. The van der Waals surface area contributed by atoms with E-state index in [0.29, 0.717) is 34.8 Å². The highest BCUT2D eigenvalue weighted by Crippen LogP contribution is 2.43. The first kappa shape index (κ1) is 32.2. The predicted molar refractivity (Wildman–Crippen MR) is 167 cm³/mol. The van der Waals surface area contributed by atoms with Crippen LogP contribution in [0.3, 0.4) is 0 Å². The van der Waals surface area contributed by atoms with E-state index >= 15 is 4.39 Å². The van der Waals surface area contributed by atoms with Gasteiger partial charge in [-0.1, -0.05) is 30.1 Å². The molecule has 3 aromatic carbocycles. The van der Waals surface area contributed by atoms with Crippen LogP contribution < -0.4 is 19.3 Å². The molecule has 0 amide bonds. The number of pyridine rings is 1. The van der Waals surface area contributed by atoms with Gasteiger partial charge in [0.15, 0.2) is 28.0 Å². The molecule has 0 atom stereocenters. The van der Waals surface area contributed by atoms with Crippen LogP contribution in [0, 0.1) is 17.6 Å². The lowest BCUT2D eigenvalue weighted by molar-refractivity contribution is 0.176. The molecular weight excluding hydrogens is 635 g/mol. The Labute approximate surface area is 264 Å². The van der Waals surface area contributed by atoms with Crippen molar-refractivity contribution in [1.29, 1.82) is 0 Å². The summed E-state index contributed by atoms with van der Waals surface area (Å²) in [6, 6.07) is 9.67. The molecule has 0 radical (unpaired) electrons. The minimum absolute atomic E-state index is 0.00609. The van der Waals surface area contributed by atoms with Crippen LogP contribution in [0.15, 0.2) is 53.6 Å². The Morgan fingerprint density at radius 3 is 2.39 bits per heavy atom. The fourth-order valence-corrected chi connectivity index (χ4v) is 6.45. The van der Waals surface area contributed by atoms with Crippen molar-refractivity contribution in [3.8, 4) is 34.1 Å². The fraction of sp³-hybridized carbons (Fsp3) is 0.323. The number of halogens is 4. The molecule has 1 aliphatic rings. The Morgan fingerprint density at radius 2 is 1.73 bits per heavy atom. The Hall–Kier alpha value is -3.22. The van der Waals surface area contributed by atoms with Crippen molar-refractivity contribution < 1.29 is 31.4 Å². The van der Waals surface area contributed by atoms with Gasteiger partial charge in [0.2, 0.25) is 10.0 Å². The van der Waals surface area contributed by atoms with Crippen LogP contribution in [-0.2, 0) is 10.0 Å². The smallest absolute Gasteiger partial charge is 0.243 e. The molecule has 0 bridgehead atoms. The van der Waals surface area contributed by atoms with Crippen LogP contribution >= 0.6 is 23.2 Å². The number of nitrogens with zero attached hydrogens (tertiary/aromatic N) is 2. The number of piperidine rings is 1. The Balaban J connectivity index is 1.37. The second-order valence-corrected chi connectivity index (χ2v) is 13.0. The van der Waals surface area contributed by atoms with Crippen LogP contribution in [0.2, 0.25) is 10.0 Å². The van der Waals surface area contributed by atoms with E-state index in [4.69, 9.17) is 42.6 Å². The Morgan fingerprint density at radius 1 is 1.02 bits per heavy atom. The normalized spacial score (nSPS) is 14.6. The lowest BCUT2D eigenvalue weighted by Crippen LogP contribution is -2.34. The molecule has 0 spiro atoms. The van der Waals surface area contributed by atoms with Crippen molar-refractivity contribution in [3.05, 3.63) is 70.3 Å². The SMILES string of the molecule is COc1cc2c(Oc3c(Cl)cc(-c4ccc(F)c(S(N)(=O)=O)c4F)cc3Cl)ccnc2cc1OCCCN1CCC(C)CC1. The first-order chi connectivity index (χ1) is 21.0. The number of hydrogen-bond acceptors (Lipinski definition) is 7. The van der Waals surface area contributed by atoms with Crippen molar-refractivity contribution in [2.24, 2.45) is 11.1 Å². The number of hydrogen-bond donors (Lipinski definition) is 1. The van der Waals surface area contributed by atoms with Gasteiger partial charge in [0.05, 0.1) is 29.3 Å². The number of ether oxygens (including phenoxy) is 3. The molecule has 1 aromatic heterocycles. The number of sulfonamides is 1. The highest BCUT2D eigenvalue weighted by atomic mass is 35.5. The van der Waals surface area contributed by atoms with Gasteiger partial charge in [-0.2, -0.15) is 0 Å². The molecule has 1 aliphatic heterocycles. The molecule has 4 aromatic rings. The van der Waals surface area contributed by atoms with Gasteiger partial charge < -0.3 is 19.1 Å². The highest BCUT2D eigenvalue weighted by molar-refractivity contribution is 7.89. The van der Waals surface area contributed by atoms with Crippen molar-refractivity contribution >= 4 is 44.1 Å². The van der Waals surface area contributed by atoms with Gasteiger partial charge in [-0.05, 0) is 80.2 Å². The van der Waals surface area contributed by atoms with Crippen LogP contribution in [0.4, 0.5) is 8.78 Å². The van der Waals surface area contributed by atoms with Gasteiger partial charge in [0, 0.05) is 29.8 Å². The summed E-state index contributed by atoms with van der Waals surface area (Å²) < 4.78 is 70.4. The van der Waals surface area contributed by atoms with Gasteiger partial charge in [0.25, 0.3) is 0 Å². The molecule has 2 N–H and O–H groups in total. The van der Waals surface area contributed by atoms with E-state index in [2.05, 4.69) is 16.8 Å². The predicted octanol–water partition coefficient (Wildman–Crippen LogP) is 7.44. The first-order valence-corrected chi connectivity index (χ1v) is 16.3. The quantitative estimate of drug-likeness (QED) is 0.176. The average Bonchev–Trinajstić information content (AvgIpc) is 2.97. The molecule has 44 heavy (non-hydrogen) atoms. The zero-order valence-electron chi connectivity index (χ0n) is 24.1. The summed E-state index contributed by atoms with van der Waals surface area (Å²) >= 11 is 13.0. The fourth-order valence-electron chi connectivity index (χ4n) is 5.18. The third kappa shape index (κ3) is 7.02. The number of likely N-dealkylation sites (tertiary alicyclic amines) is 1. The van der Waals surface area contributed by atoms with E-state index < -0.39 is 26.6 Å². The molecule has 0 aliphatic carbocycles. The van der Waals surface area contributed by atoms with Crippen molar-refractivity contribution in [2.45, 2.75) is 31.1 Å². The molecule has 1 saturated heterocycles. The molecule has 2 heterocycles.